The third kappa shape index (κ3) is 4.84. The summed E-state index contributed by atoms with van der Waals surface area (Å²) in [5.74, 6) is 1.34. The van der Waals surface area contributed by atoms with E-state index in [0.29, 0.717) is 43.5 Å². The van der Waals surface area contributed by atoms with Gasteiger partial charge >= 0.3 is 0 Å². The number of aryl methyl sites for hydroxylation is 1. The summed E-state index contributed by atoms with van der Waals surface area (Å²) >= 11 is 1.56. The molecule has 2 saturated heterocycles. The van der Waals surface area contributed by atoms with Gasteiger partial charge in [-0.1, -0.05) is 25.1 Å². The Morgan fingerprint density at radius 2 is 1.88 bits per heavy atom. The van der Waals surface area contributed by atoms with Gasteiger partial charge in [0.05, 0.1) is 0 Å². The summed E-state index contributed by atoms with van der Waals surface area (Å²) in [5.41, 5.74) is 0.352. The maximum atomic E-state index is 13.4. The van der Waals surface area contributed by atoms with Crippen LogP contribution in [0.25, 0.3) is 12.2 Å². The topological polar surface area (TPSA) is 83.7 Å². The Morgan fingerprint density at radius 1 is 1.19 bits per heavy atom. The maximum Gasteiger partial charge on any atom is 0.248 e. The molecule has 9 heteroatoms. The molecule has 0 N–H and O–H groups in total. The first-order valence-electron chi connectivity index (χ1n) is 11.2. The van der Waals surface area contributed by atoms with Crippen molar-refractivity contribution in [3.05, 3.63) is 33.8 Å². The lowest BCUT2D eigenvalue weighted by molar-refractivity contribution is -0.139. The Bertz CT molecular complexity index is 1060. The average Bonchev–Trinajstić information content (AvgIpc) is 3.40. The smallest absolute Gasteiger partial charge is 0.248 e. The number of aromatic nitrogens is 1. The number of likely N-dealkylation sites (tertiary alicyclic amines) is 1. The minimum Gasteiger partial charge on any atom is -0.355 e. The molecule has 4 rings (SSSR count). The second-order valence-corrected chi connectivity index (χ2v) is 12.0. The van der Waals surface area contributed by atoms with Crippen LogP contribution in [0.2, 0.25) is 0 Å². The van der Waals surface area contributed by atoms with Gasteiger partial charge in [0.1, 0.15) is 5.69 Å². The first-order valence-corrected chi connectivity index (χ1v) is 13.5. The van der Waals surface area contributed by atoms with E-state index in [4.69, 9.17) is 4.52 Å². The highest BCUT2D eigenvalue weighted by Gasteiger charge is 2.37. The predicted molar refractivity (Wildman–Crippen MR) is 125 cm³/mol. The molecule has 2 aliphatic heterocycles. The minimum absolute atomic E-state index is 0.110. The summed E-state index contributed by atoms with van der Waals surface area (Å²) in [6.07, 6.45) is 5.73. The molecule has 0 bridgehead atoms. The normalized spacial score (nSPS) is 23.8. The second-order valence-electron chi connectivity index (χ2n) is 9.18. The molecule has 2 aromatic heterocycles. The summed E-state index contributed by atoms with van der Waals surface area (Å²) in [5, 5.41) is 5.86. The van der Waals surface area contributed by atoms with Crippen LogP contribution >= 0.6 is 11.3 Å². The molecule has 2 atom stereocenters. The van der Waals surface area contributed by atoms with E-state index < -0.39 is 10.0 Å². The summed E-state index contributed by atoms with van der Waals surface area (Å²) in [4.78, 5) is 16.2. The number of thiophene rings is 1. The first-order chi connectivity index (χ1) is 15.3. The van der Waals surface area contributed by atoms with Gasteiger partial charge in [0.15, 0.2) is 10.7 Å². The zero-order chi connectivity index (χ0) is 22.9. The quantitative estimate of drug-likeness (QED) is 0.647. The monoisotopic (exact) mass is 477 g/mol. The Labute approximate surface area is 194 Å². The Hall–Kier alpha value is -1.97. The molecule has 7 nitrogen and oxygen atoms in total. The fraction of sp³-hybridized carbons (Fsp3) is 0.565. The molecule has 0 saturated carbocycles. The SMILES string of the molecule is Cc1noc(/C=C/c2cccs2)c1S(=O)(=O)N1CCC(C(=O)N2CC(C)CC(C)C2)CC1. The molecular formula is C23H31N3O4S2. The minimum atomic E-state index is -3.76. The van der Waals surface area contributed by atoms with Gasteiger partial charge in [0, 0.05) is 37.0 Å². The lowest BCUT2D eigenvalue weighted by atomic mass is 9.89. The van der Waals surface area contributed by atoms with Gasteiger partial charge in [-0.05, 0) is 61.6 Å². The molecule has 2 aromatic rings. The summed E-state index contributed by atoms with van der Waals surface area (Å²) in [6.45, 7) is 8.30. The highest BCUT2D eigenvalue weighted by atomic mass is 32.2. The molecule has 4 heterocycles. The van der Waals surface area contributed by atoms with E-state index in [-0.39, 0.29) is 22.5 Å². The second kappa shape index (κ2) is 9.49. The van der Waals surface area contributed by atoms with Crippen molar-refractivity contribution in [1.82, 2.24) is 14.4 Å². The van der Waals surface area contributed by atoms with Crippen molar-refractivity contribution in [3.63, 3.8) is 0 Å². The van der Waals surface area contributed by atoms with Crippen molar-refractivity contribution in [3.8, 4) is 0 Å². The Balaban J connectivity index is 1.44. The van der Waals surface area contributed by atoms with Crippen LogP contribution in [0, 0.1) is 24.7 Å². The maximum absolute atomic E-state index is 13.4. The van der Waals surface area contributed by atoms with Gasteiger partial charge in [0.25, 0.3) is 0 Å². The number of carbonyl (C=O) groups is 1. The summed E-state index contributed by atoms with van der Waals surface area (Å²) in [6, 6.07) is 3.88. The summed E-state index contributed by atoms with van der Waals surface area (Å²) in [7, 11) is -3.76. The van der Waals surface area contributed by atoms with Crippen molar-refractivity contribution in [2.75, 3.05) is 26.2 Å². The van der Waals surface area contributed by atoms with E-state index in [0.717, 1.165) is 24.4 Å². The molecule has 2 unspecified atom stereocenters. The van der Waals surface area contributed by atoms with E-state index in [1.54, 1.807) is 24.3 Å². The lowest BCUT2D eigenvalue weighted by Crippen LogP contribution is -2.48. The Morgan fingerprint density at radius 3 is 2.50 bits per heavy atom. The van der Waals surface area contributed by atoms with Crippen LogP contribution in [0.4, 0.5) is 0 Å². The molecular weight excluding hydrogens is 446 g/mol. The number of hydrogen-bond donors (Lipinski definition) is 0. The summed E-state index contributed by atoms with van der Waals surface area (Å²) < 4.78 is 33.6. The van der Waals surface area contributed by atoms with Gasteiger partial charge < -0.3 is 9.42 Å². The molecule has 0 radical (unpaired) electrons. The molecule has 0 spiro atoms. The standard InChI is InChI=1S/C23H31N3O4S2/c1-16-13-17(2)15-25(14-16)23(27)19-8-10-26(11-9-19)32(28,29)22-18(3)24-30-21(22)7-6-20-5-4-12-31-20/h4-7,12,16-17,19H,8-11,13-15H2,1-3H3/b7-6+. The zero-order valence-corrected chi connectivity index (χ0v) is 20.5. The molecule has 32 heavy (non-hydrogen) atoms. The molecule has 0 aromatic carbocycles. The predicted octanol–water partition coefficient (Wildman–Crippen LogP) is 4.12. The molecule has 1 amide bonds. The third-order valence-electron chi connectivity index (χ3n) is 6.36. The highest BCUT2D eigenvalue weighted by Crippen LogP contribution is 2.31. The first kappa shape index (κ1) is 23.2. The molecule has 2 aliphatic rings. The van der Waals surface area contributed by atoms with Crippen LogP contribution in [-0.4, -0.2) is 54.9 Å². The van der Waals surface area contributed by atoms with Gasteiger partial charge in [-0.2, -0.15) is 4.31 Å². The van der Waals surface area contributed by atoms with Crippen molar-refractivity contribution < 1.29 is 17.7 Å². The van der Waals surface area contributed by atoms with E-state index in [2.05, 4.69) is 19.0 Å². The van der Waals surface area contributed by atoms with Crippen LogP contribution in [0.1, 0.15) is 49.4 Å². The number of nitrogens with zero attached hydrogens (tertiary/aromatic N) is 3. The van der Waals surface area contributed by atoms with E-state index in [1.165, 1.54) is 4.31 Å². The van der Waals surface area contributed by atoms with Gasteiger partial charge in [-0.15, -0.1) is 11.3 Å². The van der Waals surface area contributed by atoms with Crippen molar-refractivity contribution in [2.24, 2.45) is 17.8 Å². The van der Waals surface area contributed by atoms with Crippen molar-refractivity contribution in [2.45, 2.75) is 44.9 Å². The molecule has 2 fully saturated rings. The zero-order valence-electron chi connectivity index (χ0n) is 18.9. The van der Waals surface area contributed by atoms with Gasteiger partial charge in [-0.25, -0.2) is 8.42 Å². The number of sulfonamides is 1. The number of carbonyl (C=O) groups excluding carboxylic acids is 1. The number of amides is 1. The number of rotatable bonds is 5. The third-order valence-corrected chi connectivity index (χ3v) is 9.25. The molecule has 174 valence electrons. The molecule has 0 aliphatic carbocycles. The lowest BCUT2D eigenvalue weighted by Gasteiger charge is -2.39. The van der Waals surface area contributed by atoms with Crippen LogP contribution in [0.3, 0.4) is 0 Å². The average molecular weight is 478 g/mol. The van der Waals surface area contributed by atoms with E-state index in [9.17, 15) is 13.2 Å². The van der Waals surface area contributed by atoms with Gasteiger partial charge in [-0.3, -0.25) is 4.79 Å². The van der Waals surface area contributed by atoms with Crippen LogP contribution < -0.4 is 0 Å². The Kier molecular flexibility index (Phi) is 6.88. The number of hydrogen-bond acceptors (Lipinski definition) is 6. The van der Waals surface area contributed by atoms with Crippen LogP contribution in [0.5, 0.6) is 0 Å². The van der Waals surface area contributed by atoms with Crippen molar-refractivity contribution in [1.29, 1.82) is 0 Å². The van der Waals surface area contributed by atoms with Crippen LogP contribution in [0.15, 0.2) is 26.9 Å². The fourth-order valence-electron chi connectivity index (χ4n) is 4.92. The van der Waals surface area contributed by atoms with E-state index >= 15 is 0 Å². The van der Waals surface area contributed by atoms with Crippen molar-refractivity contribution >= 4 is 39.4 Å². The number of piperidine rings is 2. The van der Waals surface area contributed by atoms with E-state index in [1.807, 2.05) is 28.5 Å². The van der Waals surface area contributed by atoms with Crippen LogP contribution in [-0.2, 0) is 14.8 Å². The van der Waals surface area contributed by atoms with Gasteiger partial charge in [0.2, 0.25) is 15.9 Å². The fourth-order valence-corrected chi connectivity index (χ4v) is 7.25. The largest absolute Gasteiger partial charge is 0.355 e. The highest BCUT2D eigenvalue weighted by molar-refractivity contribution is 7.89.